The predicted octanol–water partition coefficient (Wildman–Crippen LogP) is -0.818. The maximum atomic E-state index is 11.0. The van der Waals surface area contributed by atoms with Crippen molar-refractivity contribution in [1.29, 1.82) is 0 Å². The Kier molecular flexibility index (Phi) is 2.37. The molecule has 0 radical (unpaired) electrons. The summed E-state index contributed by atoms with van der Waals surface area (Å²) in [7, 11) is -2.13. The maximum absolute atomic E-state index is 11.0. The van der Waals surface area contributed by atoms with Crippen LogP contribution in [0.3, 0.4) is 0 Å². The quantitative estimate of drug-likeness (QED) is 0.636. The summed E-state index contributed by atoms with van der Waals surface area (Å²) >= 11 is 0. The van der Waals surface area contributed by atoms with E-state index in [0.717, 1.165) is 12.3 Å². The highest BCUT2D eigenvalue weighted by atomic mass is 32.2. The molecular weight excluding hydrogens is 196 g/mol. The minimum atomic E-state index is -3.43. The molecule has 72 valence electrons. The Bertz CT molecular complexity index is 462. The average molecular weight is 204 g/mol. The summed E-state index contributed by atoms with van der Waals surface area (Å²) in [6.45, 7) is 0. The molecule has 0 spiro atoms. The molecule has 1 rings (SSSR count). The summed E-state index contributed by atoms with van der Waals surface area (Å²) < 4.78 is 26.6. The van der Waals surface area contributed by atoms with Gasteiger partial charge in [-0.25, -0.2) is 13.2 Å². The van der Waals surface area contributed by atoms with E-state index in [1.807, 2.05) is 0 Å². The van der Waals surface area contributed by atoms with E-state index >= 15 is 0 Å². The molecular formula is C6H8N2O4S. The number of nitrogens with one attached hydrogen (secondary N) is 1. The van der Waals surface area contributed by atoms with E-state index in [-0.39, 0.29) is 10.9 Å². The number of hydrogen-bond donors (Lipinski definition) is 1. The van der Waals surface area contributed by atoms with Crippen molar-refractivity contribution in [3.05, 3.63) is 16.6 Å². The number of ether oxygens (including phenoxy) is 1. The molecule has 0 aliphatic rings. The molecule has 1 N–H and O–H groups in total. The molecule has 13 heavy (non-hydrogen) atoms. The molecule has 0 atom stereocenters. The molecule has 0 amide bonds. The number of aromatic amines is 1. The number of nitrogens with zero attached hydrogens (tertiary/aromatic N) is 1. The molecule has 0 aliphatic heterocycles. The SMILES string of the molecule is COc1cc(S(C)(=O)=O)[nH]c(=O)n1. The van der Waals surface area contributed by atoms with Gasteiger partial charge in [0.25, 0.3) is 0 Å². The lowest BCUT2D eigenvalue weighted by Gasteiger charge is -2.00. The van der Waals surface area contributed by atoms with E-state index in [2.05, 4.69) is 14.7 Å². The third-order valence-corrected chi connectivity index (χ3v) is 2.32. The molecule has 0 aromatic carbocycles. The molecule has 1 aromatic rings. The largest absolute Gasteiger partial charge is 0.481 e. The van der Waals surface area contributed by atoms with Crippen LogP contribution in [0.2, 0.25) is 0 Å². The van der Waals surface area contributed by atoms with Crippen molar-refractivity contribution in [2.45, 2.75) is 5.03 Å². The molecule has 1 aromatic heterocycles. The second-order valence-corrected chi connectivity index (χ2v) is 4.35. The van der Waals surface area contributed by atoms with Gasteiger partial charge in [0.15, 0.2) is 9.84 Å². The molecule has 0 bridgehead atoms. The van der Waals surface area contributed by atoms with Crippen molar-refractivity contribution in [3.63, 3.8) is 0 Å². The summed E-state index contributed by atoms with van der Waals surface area (Å²) in [5, 5.41) is -0.204. The van der Waals surface area contributed by atoms with Gasteiger partial charge < -0.3 is 4.74 Å². The molecule has 0 unspecified atom stereocenters. The van der Waals surface area contributed by atoms with Gasteiger partial charge in [-0.1, -0.05) is 0 Å². The van der Waals surface area contributed by atoms with Crippen LogP contribution in [0.1, 0.15) is 0 Å². The molecule has 0 saturated heterocycles. The van der Waals surface area contributed by atoms with E-state index in [1.54, 1.807) is 0 Å². The summed E-state index contributed by atoms with van der Waals surface area (Å²) in [6, 6.07) is 1.15. The van der Waals surface area contributed by atoms with Crippen molar-refractivity contribution >= 4 is 9.84 Å². The van der Waals surface area contributed by atoms with Gasteiger partial charge in [-0.15, -0.1) is 0 Å². The Morgan fingerprint density at radius 1 is 1.54 bits per heavy atom. The van der Waals surface area contributed by atoms with E-state index < -0.39 is 15.5 Å². The van der Waals surface area contributed by atoms with Crippen LogP contribution < -0.4 is 10.4 Å². The molecule has 7 heteroatoms. The first kappa shape index (κ1) is 9.72. The van der Waals surface area contributed by atoms with Gasteiger partial charge in [0.05, 0.1) is 7.11 Å². The van der Waals surface area contributed by atoms with Crippen LogP contribution in [0.15, 0.2) is 15.9 Å². The zero-order valence-electron chi connectivity index (χ0n) is 7.07. The topological polar surface area (TPSA) is 89.1 Å². The molecule has 0 aliphatic carbocycles. The monoisotopic (exact) mass is 204 g/mol. The first-order chi connectivity index (χ1) is 5.93. The normalized spacial score (nSPS) is 11.2. The van der Waals surface area contributed by atoms with Gasteiger partial charge in [0, 0.05) is 12.3 Å². The van der Waals surface area contributed by atoms with Gasteiger partial charge in [-0.05, 0) is 0 Å². The highest BCUT2D eigenvalue weighted by Crippen LogP contribution is 2.08. The molecule has 0 saturated carbocycles. The zero-order chi connectivity index (χ0) is 10.1. The first-order valence-electron chi connectivity index (χ1n) is 3.29. The van der Waals surface area contributed by atoms with Gasteiger partial charge in [-0.3, -0.25) is 4.98 Å². The van der Waals surface area contributed by atoms with Crippen LogP contribution in [-0.2, 0) is 9.84 Å². The van der Waals surface area contributed by atoms with Crippen molar-refractivity contribution in [3.8, 4) is 5.88 Å². The summed E-state index contributed by atoms with van der Waals surface area (Å²) in [6.07, 6.45) is 0.984. The zero-order valence-corrected chi connectivity index (χ0v) is 7.88. The lowest BCUT2D eigenvalue weighted by molar-refractivity contribution is 0.392. The van der Waals surface area contributed by atoms with Gasteiger partial charge in [0.2, 0.25) is 5.88 Å². The predicted molar refractivity (Wildman–Crippen MR) is 44.5 cm³/mol. The van der Waals surface area contributed by atoms with Crippen LogP contribution in [-0.4, -0.2) is 31.8 Å². The van der Waals surface area contributed by atoms with Crippen LogP contribution in [0.4, 0.5) is 0 Å². The van der Waals surface area contributed by atoms with Crippen molar-refractivity contribution in [1.82, 2.24) is 9.97 Å². The number of H-pyrrole nitrogens is 1. The molecule has 0 fully saturated rings. The van der Waals surface area contributed by atoms with Crippen LogP contribution in [0, 0.1) is 0 Å². The van der Waals surface area contributed by atoms with Crippen molar-refractivity contribution < 1.29 is 13.2 Å². The van der Waals surface area contributed by atoms with Gasteiger partial charge >= 0.3 is 5.69 Å². The smallest absolute Gasteiger partial charge is 0.349 e. The van der Waals surface area contributed by atoms with E-state index in [4.69, 9.17) is 0 Å². The highest BCUT2D eigenvalue weighted by Gasteiger charge is 2.10. The maximum Gasteiger partial charge on any atom is 0.349 e. The number of methoxy groups -OCH3 is 1. The Balaban J connectivity index is 3.42. The van der Waals surface area contributed by atoms with Crippen LogP contribution in [0.5, 0.6) is 5.88 Å². The van der Waals surface area contributed by atoms with E-state index in [9.17, 15) is 13.2 Å². The number of rotatable bonds is 2. The first-order valence-corrected chi connectivity index (χ1v) is 5.18. The Morgan fingerprint density at radius 3 is 2.62 bits per heavy atom. The van der Waals surface area contributed by atoms with E-state index in [1.165, 1.54) is 7.11 Å². The van der Waals surface area contributed by atoms with Gasteiger partial charge in [0.1, 0.15) is 5.03 Å². The third-order valence-electron chi connectivity index (χ3n) is 1.31. The van der Waals surface area contributed by atoms with Crippen LogP contribution in [0.25, 0.3) is 0 Å². The Labute approximate surface area is 74.5 Å². The van der Waals surface area contributed by atoms with Crippen molar-refractivity contribution in [2.24, 2.45) is 0 Å². The molecule has 1 heterocycles. The second-order valence-electron chi connectivity index (χ2n) is 2.37. The minimum Gasteiger partial charge on any atom is -0.481 e. The lowest BCUT2D eigenvalue weighted by atomic mass is 10.6. The van der Waals surface area contributed by atoms with Crippen LogP contribution >= 0.6 is 0 Å². The fourth-order valence-corrected chi connectivity index (χ4v) is 1.31. The Morgan fingerprint density at radius 2 is 2.15 bits per heavy atom. The number of sulfone groups is 1. The number of hydrogen-bond acceptors (Lipinski definition) is 5. The van der Waals surface area contributed by atoms with E-state index in [0.29, 0.717) is 0 Å². The Hall–Kier alpha value is -1.37. The lowest BCUT2D eigenvalue weighted by Crippen LogP contribution is -2.15. The number of aromatic nitrogens is 2. The fourth-order valence-electron chi connectivity index (χ4n) is 0.718. The van der Waals surface area contributed by atoms with Crippen molar-refractivity contribution in [2.75, 3.05) is 13.4 Å². The summed E-state index contributed by atoms with van der Waals surface area (Å²) in [5.41, 5.74) is -0.750. The minimum absolute atomic E-state index is 0.0239. The molecule has 6 nitrogen and oxygen atoms in total. The third kappa shape index (κ3) is 2.28. The fraction of sp³-hybridized carbons (Fsp3) is 0.333. The average Bonchev–Trinajstić information content (AvgIpc) is 2.01. The van der Waals surface area contributed by atoms with Gasteiger partial charge in [-0.2, -0.15) is 4.98 Å². The second kappa shape index (κ2) is 3.17. The summed E-state index contributed by atoms with van der Waals surface area (Å²) in [4.78, 5) is 16.3. The standard InChI is InChI=1S/C6H8N2O4S/c1-12-4-3-5(13(2,10)11)8-6(9)7-4/h3H,1-2H3,(H,7,8,9). The summed E-state index contributed by atoms with van der Waals surface area (Å²) in [5.74, 6) is -0.0239. The highest BCUT2D eigenvalue weighted by molar-refractivity contribution is 7.90.